The molecular weight excluding hydrogens is 232 g/mol. The number of benzene rings is 1. The molecule has 2 atom stereocenters. The van der Waals surface area contributed by atoms with Crippen molar-refractivity contribution in [2.45, 2.75) is 52.6 Å². The zero-order chi connectivity index (χ0) is 14.0. The Kier molecular flexibility index (Phi) is 4.64. The lowest BCUT2D eigenvalue weighted by Crippen LogP contribution is -2.44. The van der Waals surface area contributed by atoms with Gasteiger partial charge >= 0.3 is 0 Å². The van der Waals surface area contributed by atoms with Crippen LogP contribution in [0.25, 0.3) is 0 Å². The molecule has 2 heteroatoms. The number of nitrogens with zero attached hydrogens (tertiary/aromatic N) is 1. The molecule has 1 heterocycles. The van der Waals surface area contributed by atoms with Gasteiger partial charge in [0.1, 0.15) is 0 Å². The topological polar surface area (TPSA) is 15.3 Å². The Hall–Kier alpha value is -0.860. The maximum atomic E-state index is 3.82. The summed E-state index contributed by atoms with van der Waals surface area (Å²) in [5.74, 6) is 0. The fourth-order valence-electron chi connectivity index (χ4n) is 3.61. The van der Waals surface area contributed by atoms with Crippen molar-refractivity contribution < 1.29 is 0 Å². The highest BCUT2D eigenvalue weighted by Crippen LogP contribution is 2.24. The molecule has 2 unspecified atom stereocenters. The van der Waals surface area contributed by atoms with E-state index in [2.05, 4.69) is 57.1 Å². The molecule has 1 aromatic rings. The first-order chi connectivity index (χ1) is 8.97. The molecule has 1 aromatic carbocycles. The van der Waals surface area contributed by atoms with Crippen LogP contribution < -0.4 is 5.32 Å². The van der Waals surface area contributed by atoms with Gasteiger partial charge in [-0.05, 0) is 70.8 Å². The summed E-state index contributed by atoms with van der Waals surface area (Å²) in [5.41, 5.74) is 5.69. The molecule has 0 spiro atoms. The van der Waals surface area contributed by atoms with Crippen LogP contribution in [0.3, 0.4) is 0 Å². The molecule has 1 aliphatic heterocycles. The lowest BCUT2D eigenvalue weighted by molar-refractivity contribution is 0.218. The normalized spacial score (nSPS) is 22.5. The van der Waals surface area contributed by atoms with Crippen LogP contribution in [0.5, 0.6) is 0 Å². The summed E-state index contributed by atoms with van der Waals surface area (Å²) in [6.07, 6.45) is 2.62. The fourth-order valence-corrected chi connectivity index (χ4v) is 3.61. The molecule has 2 nitrogen and oxygen atoms in total. The van der Waals surface area contributed by atoms with Gasteiger partial charge in [-0.3, -0.25) is 0 Å². The minimum atomic E-state index is 0.442. The third-order valence-corrected chi connectivity index (χ3v) is 4.28. The monoisotopic (exact) mass is 260 g/mol. The summed E-state index contributed by atoms with van der Waals surface area (Å²) in [5, 5.41) is 3.82. The SMILES string of the molecule is Cc1cc(C)c(C(C)NC2CCCN(C)C2)c(C)c1. The molecule has 2 rings (SSSR count). The Morgan fingerprint density at radius 3 is 2.42 bits per heavy atom. The van der Waals surface area contributed by atoms with E-state index < -0.39 is 0 Å². The molecular formula is C17H28N2. The number of hydrogen-bond donors (Lipinski definition) is 1. The second-order valence-corrected chi connectivity index (χ2v) is 6.30. The van der Waals surface area contributed by atoms with E-state index in [9.17, 15) is 0 Å². The number of piperidine rings is 1. The molecule has 19 heavy (non-hydrogen) atoms. The van der Waals surface area contributed by atoms with E-state index >= 15 is 0 Å². The largest absolute Gasteiger partial charge is 0.306 e. The number of rotatable bonds is 3. The second kappa shape index (κ2) is 6.06. The van der Waals surface area contributed by atoms with Gasteiger partial charge in [0.05, 0.1) is 0 Å². The molecule has 1 fully saturated rings. The van der Waals surface area contributed by atoms with Gasteiger partial charge in [0.25, 0.3) is 0 Å². The Balaban J connectivity index is 2.09. The second-order valence-electron chi connectivity index (χ2n) is 6.30. The molecule has 106 valence electrons. The third kappa shape index (κ3) is 3.58. The summed E-state index contributed by atoms with van der Waals surface area (Å²) in [7, 11) is 2.22. The highest BCUT2D eigenvalue weighted by molar-refractivity contribution is 5.39. The summed E-state index contributed by atoms with van der Waals surface area (Å²) < 4.78 is 0. The van der Waals surface area contributed by atoms with E-state index in [1.807, 2.05) is 0 Å². The molecule has 0 amide bonds. The van der Waals surface area contributed by atoms with Crippen LogP contribution in [-0.4, -0.2) is 31.1 Å². The Labute approximate surface area is 118 Å². The van der Waals surface area contributed by atoms with Crippen molar-refractivity contribution in [2.75, 3.05) is 20.1 Å². The lowest BCUT2D eigenvalue weighted by atomic mass is 9.94. The zero-order valence-corrected chi connectivity index (χ0v) is 13.1. The van der Waals surface area contributed by atoms with E-state index in [0.29, 0.717) is 12.1 Å². The van der Waals surface area contributed by atoms with Crippen LogP contribution in [0, 0.1) is 20.8 Å². The number of likely N-dealkylation sites (tertiary alicyclic amines) is 1. The maximum Gasteiger partial charge on any atom is 0.0300 e. The highest BCUT2D eigenvalue weighted by atomic mass is 15.1. The lowest BCUT2D eigenvalue weighted by Gasteiger charge is -2.33. The minimum absolute atomic E-state index is 0.442. The minimum Gasteiger partial charge on any atom is -0.306 e. The van der Waals surface area contributed by atoms with Gasteiger partial charge in [0, 0.05) is 18.6 Å². The van der Waals surface area contributed by atoms with Gasteiger partial charge in [-0.15, -0.1) is 0 Å². The standard InChI is InChI=1S/C17H28N2/c1-12-9-13(2)17(14(3)10-12)15(4)18-16-7-6-8-19(5)11-16/h9-10,15-16,18H,6-8,11H2,1-5H3. The van der Waals surface area contributed by atoms with Crippen LogP contribution in [0.4, 0.5) is 0 Å². The van der Waals surface area contributed by atoms with Crippen molar-refractivity contribution in [1.82, 2.24) is 10.2 Å². The summed E-state index contributed by atoms with van der Waals surface area (Å²) in [6.45, 7) is 11.4. The summed E-state index contributed by atoms with van der Waals surface area (Å²) >= 11 is 0. The van der Waals surface area contributed by atoms with Gasteiger partial charge in [-0.25, -0.2) is 0 Å². The smallest absolute Gasteiger partial charge is 0.0300 e. The number of hydrogen-bond acceptors (Lipinski definition) is 2. The van der Waals surface area contributed by atoms with Crippen molar-refractivity contribution in [1.29, 1.82) is 0 Å². The molecule has 0 bridgehead atoms. The number of likely N-dealkylation sites (N-methyl/N-ethyl adjacent to an activating group) is 1. The Morgan fingerprint density at radius 1 is 1.21 bits per heavy atom. The molecule has 0 saturated carbocycles. The Morgan fingerprint density at radius 2 is 1.84 bits per heavy atom. The van der Waals surface area contributed by atoms with Crippen molar-refractivity contribution in [3.05, 3.63) is 34.4 Å². The van der Waals surface area contributed by atoms with Crippen LogP contribution in [0.1, 0.15) is 48.1 Å². The van der Waals surface area contributed by atoms with Gasteiger partial charge < -0.3 is 10.2 Å². The van der Waals surface area contributed by atoms with Crippen molar-refractivity contribution in [3.63, 3.8) is 0 Å². The average molecular weight is 260 g/mol. The van der Waals surface area contributed by atoms with E-state index in [1.54, 1.807) is 0 Å². The fraction of sp³-hybridized carbons (Fsp3) is 0.647. The third-order valence-electron chi connectivity index (χ3n) is 4.28. The van der Waals surface area contributed by atoms with Gasteiger partial charge in [0.2, 0.25) is 0 Å². The number of nitrogens with one attached hydrogen (secondary N) is 1. The molecule has 1 aliphatic rings. The molecule has 0 aliphatic carbocycles. The first kappa shape index (κ1) is 14.5. The van der Waals surface area contributed by atoms with E-state index in [1.165, 1.54) is 48.2 Å². The predicted molar refractivity (Wildman–Crippen MR) is 82.7 cm³/mol. The van der Waals surface area contributed by atoms with Crippen molar-refractivity contribution in [3.8, 4) is 0 Å². The van der Waals surface area contributed by atoms with Crippen LogP contribution >= 0.6 is 0 Å². The predicted octanol–water partition coefficient (Wildman–Crippen LogP) is 3.36. The van der Waals surface area contributed by atoms with E-state index in [-0.39, 0.29) is 0 Å². The molecule has 0 radical (unpaired) electrons. The maximum absolute atomic E-state index is 3.82. The van der Waals surface area contributed by atoms with E-state index in [0.717, 1.165) is 0 Å². The zero-order valence-electron chi connectivity index (χ0n) is 13.1. The highest BCUT2D eigenvalue weighted by Gasteiger charge is 2.20. The Bertz CT molecular complexity index is 416. The first-order valence-electron chi connectivity index (χ1n) is 7.49. The quantitative estimate of drug-likeness (QED) is 0.896. The van der Waals surface area contributed by atoms with Gasteiger partial charge in [-0.1, -0.05) is 17.7 Å². The molecule has 1 saturated heterocycles. The average Bonchev–Trinajstić information content (AvgIpc) is 2.27. The van der Waals surface area contributed by atoms with Gasteiger partial charge in [0.15, 0.2) is 0 Å². The van der Waals surface area contributed by atoms with Crippen LogP contribution in [0.15, 0.2) is 12.1 Å². The molecule has 0 aromatic heterocycles. The van der Waals surface area contributed by atoms with Crippen LogP contribution in [0.2, 0.25) is 0 Å². The van der Waals surface area contributed by atoms with Gasteiger partial charge in [-0.2, -0.15) is 0 Å². The number of aryl methyl sites for hydroxylation is 3. The van der Waals surface area contributed by atoms with Crippen LogP contribution in [-0.2, 0) is 0 Å². The van der Waals surface area contributed by atoms with E-state index in [4.69, 9.17) is 0 Å². The van der Waals surface area contributed by atoms with Crippen molar-refractivity contribution >= 4 is 0 Å². The first-order valence-corrected chi connectivity index (χ1v) is 7.49. The molecule has 1 N–H and O–H groups in total. The summed E-state index contributed by atoms with van der Waals surface area (Å²) in [4.78, 5) is 2.43. The van der Waals surface area contributed by atoms with Crippen molar-refractivity contribution in [2.24, 2.45) is 0 Å². The summed E-state index contributed by atoms with van der Waals surface area (Å²) in [6, 6.07) is 5.67.